The van der Waals surface area contributed by atoms with E-state index < -0.39 is 0 Å². The van der Waals surface area contributed by atoms with Crippen molar-refractivity contribution < 1.29 is 4.74 Å². The Morgan fingerprint density at radius 2 is 1.06 bits per heavy atom. The van der Waals surface area contributed by atoms with Gasteiger partial charge >= 0.3 is 0 Å². The molecule has 18 heavy (non-hydrogen) atoms. The first-order valence-corrected chi connectivity index (χ1v) is 6.00. The molecule has 4 N–H and O–H groups in total. The molecule has 2 aromatic carbocycles. The lowest BCUT2D eigenvalue weighted by molar-refractivity contribution is 0.475. The minimum Gasteiger partial charge on any atom is -0.399 e. The third-order valence-corrected chi connectivity index (χ3v) is 2.57. The van der Waals surface area contributed by atoms with E-state index in [9.17, 15) is 0 Å². The van der Waals surface area contributed by atoms with E-state index in [-0.39, 0.29) is 0 Å². The summed E-state index contributed by atoms with van der Waals surface area (Å²) in [7, 11) is 0. The lowest BCUT2D eigenvalue weighted by Crippen LogP contribution is -1.90. The lowest BCUT2D eigenvalue weighted by atomic mass is 10.0. The number of benzene rings is 2. The van der Waals surface area contributed by atoms with Gasteiger partial charge in [0.2, 0.25) is 0 Å². The Kier molecular flexibility index (Phi) is 4.20. The number of anilines is 2. The normalized spacial score (nSPS) is 12.4. The summed E-state index contributed by atoms with van der Waals surface area (Å²) in [6, 6.07) is 15.9. The molecule has 0 saturated carbocycles. The van der Waals surface area contributed by atoms with Crippen molar-refractivity contribution in [3.05, 3.63) is 59.7 Å². The Morgan fingerprint density at radius 3 is 1.33 bits per heavy atom. The van der Waals surface area contributed by atoms with E-state index in [2.05, 4.69) is 4.74 Å². The summed E-state index contributed by atoms with van der Waals surface area (Å²) in [5.41, 5.74) is 15.4. The van der Waals surface area contributed by atoms with Crippen molar-refractivity contribution in [1.29, 1.82) is 0 Å². The highest BCUT2D eigenvalue weighted by atomic mass is 16.6. The molecule has 2 aromatic rings. The molecule has 0 atom stereocenters. The summed E-state index contributed by atoms with van der Waals surface area (Å²) in [6.45, 7) is 2.00. The highest BCUT2D eigenvalue weighted by molar-refractivity contribution is 5.43. The van der Waals surface area contributed by atoms with Crippen molar-refractivity contribution in [2.75, 3.05) is 24.7 Å². The molecule has 1 fully saturated rings. The molecule has 0 radical (unpaired) electrons. The molecule has 1 heterocycles. The maximum Gasteiger partial charge on any atom is 0.0701 e. The van der Waals surface area contributed by atoms with Gasteiger partial charge in [-0.05, 0) is 41.8 Å². The SMILES string of the molecule is C1CO1.Nc1ccc(Cc2ccc(N)cc2)cc1. The summed E-state index contributed by atoms with van der Waals surface area (Å²) in [4.78, 5) is 0. The van der Waals surface area contributed by atoms with Crippen LogP contribution in [0.4, 0.5) is 11.4 Å². The van der Waals surface area contributed by atoms with E-state index in [4.69, 9.17) is 11.5 Å². The second-order valence-electron chi connectivity index (χ2n) is 4.27. The second kappa shape index (κ2) is 6.07. The number of epoxide rings is 1. The standard InChI is InChI=1S/C13H14N2.C2H4O/c14-12-5-1-10(2-6-12)9-11-3-7-13(15)8-4-11;1-2-3-1/h1-8H,9,14-15H2;1-2H2. The molecule has 1 aliphatic rings. The lowest BCUT2D eigenvalue weighted by Gasteiger charge is -2.02. The predicted molar refractivity (Wildman–Crippen MR) is 75.3 cm³/mol. The van der Waals surface area contributed by atoms with Crippen LogP contribution in [-0.4, -0.2) is 13.2 Å². The maximum absolute atomic E-state index is 5.62. The van der Waals surface area contributed by atoms with Crippen LogP contribution < -0.4 is 11.5 Å². The Morgan fingerprint density at radius 1 is 0.722 bits per heavy atom. The first-order valence-electron chi connectivity index (χ1n) is 6.00. The first-order chi connectivity index (χ1) is 8.74. The molecule has 1 saturated heterocycles. The molecule has 0 aromatic heterocycles. The number of rotatable bonds is 2. The maximum atomic E-state index is 5.62. The van der Waals surface area contributed by atoms with Gasteiger partial charge in [-0.25, -0.2) is 0 Å². The number of nitrogens with two attached hydrogens (primary N) is 2. The molecule has 0 bridgehead atoms. The van der Waals surface area contributed by atoms with Crippen molar-refractivity contribution in [1.82, 2.24) is 0 Å². The summed E-state index contributed by atoms with van der Waals surface area (Å²) < 4.78 is 4.50. The topological polar surface area (TPSA) is 64.6 Å². The molecule has 0 aliphatic carbocycles. The largest absolute Gasteiger partial charge is 0.399 e. The van der Waals surface area contributed by atoms with Crippen molar-refractivity contribution in [3.8, 4) is 0 Å². The molecule has 3 nitrogen and oxygen atoms in total. The zero-order valence-electron chi connectivity index (χ0n) is 10.3. The van der Waals surface area contributed by atoms with Crippen molar-refractivity contribution in [2.45, 2.75) is 6.42 Å². The van der Waals surface area contributed by atoms with Gasteiger partial charge in [-0.3, -0.25) is 0 Å². The minimum atomic E-state index is 0.802. The fourth-order valence-electron chi connectivity index (χ4n) is 1.51. The van der Waals surface area contributed by atoms with Crippen LogP contribution in [0.25, 0.3) is 0 Å². The van der Waals surface area contributed by atoms with Gasteiger partial charge in [0.1, 0.15) is 0 Å². The average Bonchev–Trinajstić information content (AvgIpc) is 3.23. The van der Waals surface area contributed by atoms with E-state index in [1.165, 1.54) is 11.1 Å². The number of nitrogen functional groups attached to an aromatic ring is 2. The van der Waals surface area contributed by atoms with Crippen LogP contribution in [0.3, 0.4) is 0 Å². The third kappa shape index (κ3) is 4.47. The van der Waals surface area contributed by atoms with Gasteiger partial charge in [-0.2, -0.15) is 0 Å². The van der Waals surface area contributed by atoms with E-state index in [1.807, 2.05) is 48.5 Å². The molecule has 0 unspecified atom stereocenters. The van der Waals surface area contributed by atoms with Crippen molar-refractivity contribution >= 4 is 11.4 Å². The molecule has 0 spiro atoms. The van der Waals surface area contributed by atoms with E-state index >= 15 is 0 Å². The van der Waals surface area contributed by atoms with Gasteiger partial charge in [0, 0.05) is 11.4 Å². The van der Waals surface area contributed by atoms with Crippen LogP contribution >= 0.6 is 0 Å². The number of hydrogen-bond donors (Lipinski definition) is 2. The van der Waals surface area contributed by atoms with Gasteiger partial charge in [0.15, 0.2) is 0 Å². The molecule has 94 valence electrons. The van der Waals surface area contributed by atoms with Crippen LogP contribution in [0, 0.1) is 0 Å². The van der Waals surface area contributed by atoms with Crippen LogP contribution in [-0.2, 0) is 11.2 Å². The monoisotopic (exact) mass is 242 g/mol. The molecular weight excluding hydrogens is 224 g/mol. The Balaban J connectivity index is 0.000000350. The molecule has 1 aliphatic heterocycles. The van der Waals surface area contributed by atoms with Gasteiger partial charge in [-0.15, -0.1) is 0 Å². The van der Waals surface area contributed by atoms with Gasteiger partial charge in [0.25, 0.3) is 0 Å². The third-order valence-electron chi connectivity index (χ3n) is 2.57. The Bertz CT molecular complexity index is 429. The fourth-order valence-corrected chi connectivity index (χ4v) is 1.51. The highest BCUT2D eigenvalue weighted by Crippen LogP contribution is 2.13. The van der Waals surface area contributed by atoms with Crippen LogP contribution in [0.1, 0.15) is 11.1 Å². The van der Waals surface area contributed by atoms with Gasteiger partial charge in [-0.1, -0.05) is 24.3 Å². The Labute approximate surface area is 107 Å². The molecule has 0 amide bonds. The molecule has 3 heteroatoms. The van der Waals surface area contributed by atoms with Crippen molar-refractivity contribution in [2.24, 2.45) is 0 Å². The predicted octanol–water partition coefficient (Wildman–Crippen LogP) is 2.46. The summed E-state index contributed by atoms with van der Waals surface area (Å²) in [6.07, 6.45) is 0.917. The number of hydrogen-bond acceptors (Lipinski definition) is 3. The van der Waals surface area contributed by atoms with E-state index in [1.54, 1.807) is 0 Å². The van der Waals surface area contributed by atoms with Crippen LogP contribution in [0.2, 0.25) is 0 Å². The molecule has 3 rings (SSSR count). The van der Waals surface area contributed by atoms with Gasteiger partial charge in [0.05, 0.1) is 13.2 Å². The zero-order valence-corrected chi connectivity index (χ0v) is 10.3. The first kappa shape index (κ1) is 12.5. The second-order valence-corrected chi connectivity index (χ2v) is 4.27. The van der Waals surface area contributed by atoms with Crippen LogP contribution in [0.5, 0.6) is 0 Å². The van der Waals surface area contributed by atoms with E-state index in [0.717, 1.165) is 31.0 Å². The quantitative estimate of drug-likeness (QED) is 0.628. The van der Waals surface area contributed by atoms with E-state index in [0.29, 0.717) is 0 Å². The molecular formula is C15H18N2O. The zero-order chi connectivity index (χ0) is 12.8. The van der Waals surface area contributed by atoms with Crippen LogP contribution in [0.15, 0.2) is 48.5 Å². The number of ether oxygens (including phenoxy) is 1. The summed E-state index contributed by atoms with van der Waals surface area (Å²) in [5.74, 6) is 0. The fraction of sp³-hybridized carbons (Fsp3) is 0.200. The summed E-state index contributed by atoms with van der Waals surface area (Å²) in [5, 5.41) is 0. The summed E-state index contributed by atoms with van der Waals surface area (Å²) >= 11 is 0. The van der Waals surface area contributed by atoms with Gasteiger partial charge < -0.3 is 16.2 Å². The Hall–Kier alpha value is -2.00. The highest BCUT2D eigenvalue weighted by Gasteiger charge is 1.96. The smallest absolute Gasteiger partial charge is 0.0701 e. The average molecular weight is 242 g/mol. The minimum absolute atomic E-state index is 0.802. The van der Waals surface area contributed by atoms with Crippen molar-refractivity contribution in [3.63, 3.8) is 0 Å².